The van der Waals surface area contributed by atoms with E-state index >= 15 is 0 Å². The summed E-state index contributed by atoms with van der Waals surface area (Å²) in [5.41, 5.74) is 2.78. The topological polar surface area (TPSA) is 94.9 Å². The third-order valence-electron chi connectivity index (χ3n) is 3.48. The first-order chi connectivity index (χ1) is 11.4. The van der Waals surface area contributed by atoms with Crippen molar-refractivity contribution in [1.82, 2.24) is 0 Å². The summed E-state index contributed by atoms with van der Waals surface area (Å²) in [5, 5.41) is 8.95. The quantitative estimate of drug-likeness (QED) is 0.593. The molecule has 2 rings (SSSR count). The molecule has 0 aliphatic heterocycles. The molecule has 2 atom stereocenters. The molecule has 6 nitrogen and oxygen atoms in total. The lowest BCUT2D eigenvalue weighted by atomic mass is 10.0. The van der Waals surface area contributed by atoms with Crippen LogP contribution in [0.15, 0.2) is 48.5 Å². The van der Waals surface area contributed by atoms with Crippen molar-refractivity contribution in [2.24, 2.45) is 0 Å². The summed E-state index contributed by atoms with van der Waals surface area (Å²) in [6.07, 6.45) is -0.201. The van der Waals surface area contributed by atoms with Gasteiger partial charge in [-0.05, 0) is 18.6 Å². The SMILES string of the molecule is Cc1cccc(-c2ccccc2N(C(C=O)CC(=O)O)S(=O)O)c1. The van der Waals surface area contributed by atoms with Crippen LogP contribution in [0.4, 0.5) is 5.69 Å². The number of aryl methyl sites for hydroxylation is 1. The normalized spacial score (nSPS) is 13.1. The Morgan fingerprint density at radius 2 is 1.96 bits per heavy atom. The number of carboxylic acids is 1. The predicted molar refractivity (Wildman–Crippen MR) is 92.0 cm³/mol. The second-order valence-corrected chi connectivity index (χ2v) is 6.10. The number of aliphatic carboxylic acids is 1. The van der Waals surface area contributed by atoms with Crippen LogP contribution in [-0.2, 0) is 20.9 Å². The van der Waals surface area contributed by atoms with Gasteiger partial charge in [0, 0.05) is 5.56 Å². The fraction of sp³-hybridized carbons (Fsp3) is 0.176. The lowest BCUT2D eigenvalue weighted by molar-refractivity contribution is -0.138. The second-order valence-electron chi connectivity index (χ2n) is 5.24. The first-order valence-corrected chi connectivity index (χ1v) is 8.23. The van der Waals surface area contributed by atoms with Crippen molar-refractivity contribution in [1.29, 1.82) is 0 Å². The molecule has 2 aromatic carbocycles. The largest absolute Gasteiger partial charge is 0.481 e. The molecule has 126 valence electrons. The van der Waals surface area contributed by atoms with Gasteiger partial charge in [0.05, 0.1) is 12.1 Å². The number of aldehydes is 1. The molecule has 24 heavy (non-hydrogen) atoms. The minimum absolute atomic E-state index is 0.322. The van der Waals surface area contributed by atoms with E-state index in [4.69, 9.17) is 5.11 Å². The summed E-state index contributed by atoms with van der Waals surface area (Å²) in [6, 6.07) is 13.1. The van der Waals surface area contributed by atoms with Crippen molar-refractivity contribution in [2.45, 2.75) is 19.4 Å². The first kappa shape index (κ1) is 17.8. The summed E-state index contributed by atoms with van der Waals surface area (Å²) in [6.45, 7) is 1.92. The summed E-state index contributed by atoms with van der Waals surface area (Å²) in [7, 11) is 0. The van der Waals surface area contributed by atoms with E-state index < -0.39 is 29.7 Å². The minimum atomic E-state index is -2.55. The third kappa shape index (κ3) is 4.06. The number of carboxylic acid groups (broad SMARTS) is 1. The van der Waals surface area contributed by atoms with Gasteiger partial charge in [-0.15, -0.1) is 0 Å². The Morgan fingerprint density at radius 1 is 1.25 bits per heavy atom. The summed E-state index contributed by atoms with van der Waals surface area (Å²) < 4.78 is 22.4. The number of carbonyl (C=O) groups excluding carboxylic acids is 1. The molecule has 0 spiro atoms. The number of anilines is 1. The van der Waals surface area contributed by atoms with Crippen molar-refractivity contribution in [3.8, 4) is 11.1 Å². The minimum Gasteiger partial charge on any atom is -0.481 e. The van der Waals surface area contributed by atoms with Gasteiger partial charge in [-0.25, -0.2) is 4.21 Å². The highest BCUT2D eigenvalue weighted by atomic mass is 32.2. The van der Waals surface area contributed by atoms with Gasteiger partial charge in [0.25, 0.3) is 11.3 Å². The first-order valence-electron chi connectivity index (χ1n) is 7.17. The maximum absolute atomic E-state index is 11.8. The molecule has 0 bridgehead atoms. The zero-order valence-electron chi connectivity index (χ0n) is 13.0. The molecule has 2 unspecified atom stereocenters. The zero-order chi connectivity index (χ0) is 17.7. The Labute approximate surface area is 142 Å². The summed E-state index contributed by atoms with van der Waals surface area (Å²) >= 11 is -2.55. The van der Waals surface area contributed by atoms with Crippen LogP contribution in [0, 0.1) is 6.92 Å². The average molecular weight is 347 g/mol. The van der Waals surface area contributed by atoms with Crippen LogP contribution < -0.4 is 4.31 Å². The highest BCUT2D eigenvalue weighted by Gasteiger charge is 2.27. The lowest BCUT2D eigenvalue weighted by Gasteiger charge is -2.27. The van der Waals surface area contributed by atoms with Crippen LogP contribution in [-0.4, -0.2) is 32.2 Å². The van der Waals surface area contributed by atoms with E-state index in [1.807, 2.05) is 31.2 Å². The standard InChI is InChI=1S/C17H17NO5S/c1-12-5-4-6-13(9-12)15-7-2-3-8-16(15)18(24(22)23)14(11-19)10-17(20)21/h2-9,11,14H,10H2,1H3,(H,20,21)(H,22,23). The second kappa shape index (κ2) is 7.85. The van der Waals surface area contributed by atoms with E-state index in [2.05, 4.69) is 0 Å². The lowest BCUT2D eigenvalue weighted by Crippen LogP contribution is -2.39. The number of hydrogen-bond donors (Lipinski definition) is 2. The number of hydrogen-bond acceptors (Lipinski definition) is 3. The van der Waals surface area contributed by atoms with Gasteiger partial charge in [-0.1, -0.05) is 48.0 Å². The summed E-state index contributed by atoms with van der Waals surface area (Å²) in [4.78, 5) is 22.3. The van der Waals surface area contributed by atoms with Gasteiger partial charge >= 0.3 is 5.97 Å². The molecule has 0 amide bonds. The van der Waals surface area contributed by atoms with E-state index in [1.54, 1.807) is 24.3 Å². The molecule has 0 heterocycles. The highest BCUT2D eigenvalue weighted by Crippen LogP contribution is 2.33. The molecule has 2 aromatic rings. The number of benzene rings is 2. The van der Waals surface area contributed by atoms with Gasteiger partial charge in [0.15, 0.2) is 0 Å². The van der Waals surface area contributed by atoms with Gasteiger partial charge < -0.3 is 9.90 Å². The van der Waals surface area contributed by atoms with Crippen molar-refractivity contribution in [3.63, 3.8) is 0 Å². The van der Waals surface area contributed by atoms with E-state index in [1.165, 1.54) is 0 Å². The Morgan fingerprint density at radius 3 is 2.54 bits per heavy atom. The number of carbonyl (C=O) groups is 2. The molecule has 0 saturated heterocycles. The number of rotatable bonds is 7. The molecule has 2 N–H and O–H groups in total. The zero-order valence-corrected chi connectivity index (χ0v) is 13.8. The van der Waals surface area contributed by atoms with Crippen LogP contribution in [0.5, 0.6) is 0 Å². The molecule has 0 fully saturated rings. The van der Waals surface area contributed by atoms with Crippen molar-refractivity contribution in [3.05, 3.63) is 54.1 Å². The van der Waals surface area contributed by atoms with Crippen LogP contribution in [0.25, 0.3) is 11.1 Å². The highest BCUT2D eigenvalue weighted by molar-refractivity contribution is 7.80. The molecule has 0 radical (unpaired) electrons. The van der Waals surface area contributed by atoms with Crippen LogP contribution in [0.1, 0.15) is 12.0 Å². The summed E-state index contributed by atoms with van der Waals surface area (Å²) in [5.74, 6) is -1.23. The number of para-hydroxylation sites is 1. The molecule has 0 aromatic heterocycles. The van der Waals surface area contributed by atoms with Crippen LogP contribution >= 0.6 is 0 Å². The monoisotopic (exact) mass is 347 g/mol. The van der Waals surface area contributed by atoms with Crippen molar-refractivity contribution in [2.75, 3.05) is 4.31 Å². The smallest absolute Gasteiger partial charge is 0.305 e. The van der Waals surface area contributed by atoms with Gasteiger partial charge in [-0.2, -0.15) is 0 Å². The van der Waals surface area contributed by atoms with E-state index in [-0.39, 0.29) is 0 Å². The number of nitrogens with zero attached hydrogens (tertiary/aromatic N) is 1. The van der Waals surface area contributed by atoms with Gasteiger partial charge in [0.1, 0.15) is 12.3 Å². The van der Waals surface area contributed by atoms with Crippen LogP contribution in [0.2, 0.25) is 0 Å². The molecule has 7 heteroatoms. The Balaban J connectivity index is 2.57. The van der Waals surface area contributed by atoms with Crippen molar-refractivity contribution >= 4 is 29.2 Å². The molecular weight excluding hydrogens is 330 g/mol. The van der Waals surface area contributed by atoms with E-state index in [0.717, 1.165) is 15.4 Å². The van der Waals surface area contributed by atoms with Crippen molar-refractivity contribution < 1.29 is 23.5 Å². The van der Waals surface area contributed by atoms with Gasteiger partial charge in [0.2, 0.25) is 0 Å². The fourth-order valence-electron chi connectivity index (χ4n) is 2.47. The Kier molecular flexibility index (Phi) is 5.83. The Hall–Kier alpha value is -2.51. The maximum Gasteiger partial charge on any atom is 0.305 e. The maximum atomic E-state index is 11.8. The fourth-order valence-corrected chi connectivity index (χ4v) is 3.15. The van der Waals surface area contributed by atoms with E-state index in [0.29, 0.717) is 17.5 Å². The van der Waals surface area contributed by atoms with E-state index in [9.17, 15) is 18.4 Å². The third-order valence-corrected chi connectivity index (χ3v) is 4.28. The molecule has 0 aliphatic rings. The van der Waals surface area contributed by atoms with Gasteiger partial charge in [-0.3, -0.25) is 13.7 Å². The van der Waals surface area contributed by atoms with Crippen LogP contribution in [0.3, 0.4) is 0 Å². The predicted octanol–water partition coefficient (Wildman–Crippen LogP) is 2.65. The Bertz CT molecular complexity index is 777. The molecule has 0 saturated carbocycles. The average Bonchev–Trinajstić information content (AvgIpc) is 2.54. The molecule has 0 aliphatic carbocycles. The molecular formula is C17H17NO5S.